The average Bonchev–Trinajstić information content (AvgIpc) is 2.55. The SMILES string of the molecule is COC1CCCCC1(CN)N1CCN(C)c2ccccc21. The first-order chi connectivity index (χ1) is 10.2. The van der Waals surface area contributed by atoms with Gasteiger partial charge in [0.2, 0.25) is 0 Å². The molecule has 4 nitrogen and oxygen atoms in total. The lowest BCUT2D eigenvalue weighted by molar-refractivity contribution is 0.00550. The summed E-state index contributed by atoms with van der Waals surface area (Å²) in [5.41, 5.74) is 8.85. The molecule has 3 rings (SSSR count). The maximum Gasteiger partial charge on any atom is 0.0815 e. The highest BCUT2D eigenvalue weighted by Gasteiger charge is 2.46. The van der Waals surface area contributed by atoms with Crippen molar-refractivity contribution in [3.8, 4) is 0 Å². The molecule has 0 radical (unpaired) electrons. The molecule has 0 bridgehead atoms. The number of para-hydroxylation sites is 2. The van der Waals surface area contributed by atoms with Crippen molar-refractivity contribution in [1.82, 2.24) is 0 Å². The van der Waals surface area contributed by atoms with Gasteiger partial charge in [-0.2, -0.15) is 0 Å². The first-order valence-corrected chi connectivity index (χ1v) is 8.03. The van der Waals surface area contributed by atoms with E-state index in [2.05, 4.69) is 41.1 Å². The third-order valence-corrected chi connectivity index (χ3v) is 5.34. The minimum absolute atomic E-state index is 0.0512. The molecule has 1 saturated carbocycles. The van der Waals surface area contributed by atoms with Gasteiger partial charge in [0, 0.05) is 33.8 Å². The van der Waals surface area contributed by atoms with Crippen LogP contribution < -0.4 is 15.5 Å². The van der Waals surface area contributed by atoms with Crippen LogP contribution >= 0.6 is 0 Å². The number of nitrogens with two attached hydrogens (primary N) is 1. The lowest BCUT2D eigenvalue weighted by Gasteiger charge is -2.54. The van der Waals surface area contributed by atoms with Crippen LogP contribution in [0.2, 0.25) is 0 Å². The van der Waals surface area contributed by atoms with E-state index in [0.29, 0.717) is 6.54 Å². The second-order valence-corrected chi connectivity index (χ2v) is 6.34. The number of methoxy groups -OCH3 is 1. The Balaban J connectivity index is 2.03. The molecular weight excluding hydrogens is 262 g/mol. The minimum atomic E-state index is -0.0512. The Kier molecular flexibility index (Phi) is 4.09. The summed E-state index contributed by atoms with van der Waals surface area (Å²) >= 11 is 0. The van der Waals surface area contributed by atoms with E-state index in [4.69, 9.17) is 10.5 Å². The van der Waals surface area contributed by atoms with E-state index in [1.807, 2.05) is 7.11 Å². The van der Waals surface area contributed by atoms with Crippen molar-refractivity contribution in [2.45, 2.75) is 37.3 Å². The second kappa shape index (κ2) is 5.85. The van der Waals surface area contributed by atoms with Crippen molar-refractivity contribution in [1.29, 1.82) is 0 Å². The lowest BCUT2D eigenvalue weighted by atomic mass is 9.76. The lowest BCUT2D eigenvalue weighted by Crippen LogP contribution is -2.65. The Morgan fingerprint density at radius 2 is 2.00 bits per heavy atom. The largest absolute Gasteiger partial charge is 0.379 e. The van der Waals surface area contributed by atoms with E-state index in [1.54, 1.807) is 0 Å². The standard InChI is InChI=1S/C17H27N3O/c1-19-11-12-20(15-8-4-3-7-14(15)19)17(13-18)10-6-5-9-16(17)21-2/h3-4,7-8,16H,5-6,9-13,18H2,1-2H3. The van der Waals surface area contributed by atoms with Crippen LogP contribution in [0.15, 0.2) is 24.3 Å². The molecule has 21 heavy (non-hydrogen) atoms. The fraction of sp³-hybridized carbons (Fsp3) is 0.647. The zero-order chi connectivity index (χ0) is 14.9. The van der Waals surface area contributed by atoms with Crippen molar-refractivity contribution < 1.29 is 4.74 Å². The predicted molar refractivity (Wildman–Crippen MR) is 88.1 cm³/mol. The molecule has 2 atom stereocenters. The first-order valence-electron chi connectivity index (χ1n) is 8.03. The molecule has 4 heteroatoms. The van der Waals surface area contributed by atoms with Gasteiger partial charge in [0.15, 0.2) is 0 Å². The van der Waals surface area contributed by atoms with Gasteiger partial charge in [-0.05, 0) is 25.0 Å². The zero-order valence-electron chi connectivity index (χ0n) is 13.2. The Morgan fingerprint density at radius 3 is 2.71 bits per heavy atom. The summed E-state index contributed by atoms with van der Waals surface area (Å²) in [6, 6.07) is 8.67. The summed E-state index contributed by atoms with van der Waals surface area (Å²) in [6.07, 6.45) is 4.96. The molecule has 0 saturated heterocycles. The summed E-state index contributed by atoms with van der Waals surface area (Å²) in [5.74, 6) is 0. The average molecular weight is 289 g/mol. The van der Waals surface area contributed by atoms with Gasteiger partial charge in [-0.25, -0.2) is 0 Å². The molecule has 0 spiro atoms. The van der Waals surface area contributed by atoms with Crippen molar-refractivity contribution in [3.63, 3.8) is 0 Å². The number of fused-ring (bicyclic) bond motifs is 1. The van der Waals surface area contributed by atoms with Gasteiger partial charge in [0.05, 0.1) is 23.0 Å². The highest BCUT2D eigenvalue weighted by Crippen LogP contribution is 2.42. The van der Waals surface area contributed by atoms with Gasteiger partial charge < -0.3 is 20.3 Å². The van der Waals surface area contributed by atoms with Crippen molar-refractivity contribution in [2.75, 3.05) is 43.6 Å². The summed E-state index contributed by atoms with van der Waals surface area (Å²) < 4.78 is 5.86. The minimum Gasteiger partial charge on any atom is -0.379 e. The molecule has 2 N–H and O–H groups in total. The fourth-order valence-corrected chi connectivity index (χ4v) is 4.15. The number of ether oxygens (including phenoxy) is 1. The molecular formula is C17H27N3O. The van der Waals surface area contributed by atoms with E-state index in [0.717, 1.165) is 25.9 Å². The van der Waals surface area contributed by atoms with Gasteiger partial charge in [-0.1, -0.05) is 25.0 Å². The van der Waals surface area contributed by atoms with E-state index < -0.39 is 0 Å². The topological polar surface area (TPSA) is 41.7 Å². The number of likely N-dealkylation sites (N-methyl/N-ethyl adjacent to an activating group) is 1. The van der Waals surface area contributed by atoms with Crippen molar-refractivity contribution in [3.05, 3.63) is 24.3 Å². The van der Waals surface area contributed by atoms with Gasteiger partial charge in [0.1, 0.15) is 0 Å². The van der Waals surface area contributed by atoms with Gasteiger partial charge in [0.25, 0.3) is 0 Å². The first kappa shape index (κ1) is 14.7. The zero-order valence-corrected chi connectivity index (χ0v) is 13.2. The van der Waals surface area contributed by atoms with Crippen LogP contribution in [0.5, 0.6) is 0 Å². The van der Waals surface area contributed by atoms with Crippen LogP contribution in [0.4, 0.5) is 11.4 Å². The second-order valence-electron chi connectivity index (χ2n) is 6.34. The number of hydrogen-bond donors (Lipinski definition) is 1. The fourth-order valence-electron chi connectivity index (χ4n) is 4.15. The highest BCUT2D eigenvalue weighted by molar-refractivity contribution is 5.74. The Hall–Kier alpha value is -1.26. The van der Waals surface area contributed by atoms with Crippen LogP contribution in [0, 0.1) is 0 Å². The van der Waals surface area contributed by atoms with Crippen LogP contribution in [0.3, 0.4) is 0 Å². The van der Waals surface area contributed by atoms with Crippen LogP contribution in [-0.4, -0.2) is 45.4 Å². The molecule has 1 aromatic carbocycles. The molecule has 0 amide bonds. The molecule has 0 aromatic heterocycles. The Labute approximate surface area is 127 Å². The molecule has 1 aliphatic carbocycles. The molecule has 1 aromatic rings. The maximum atomic E-state index is 6.29. The maximum absolute atomic E-state index is 6.29. The van der Waals surface area contributed by atoms with Crippen LogP contribution in [-0.2, 0) is 4.74 Å². The quantitative estimate of drug-likeness (QED) is 0.926. The van der Waals surface area contributed by atoms with E-state index >= 15 is 0 Å². The summed E-state index contributed by atoms with van der Waals surface area (Å²) in [5, 5.41) is 0. The number of rotatable bonds is 3. The molecule has 2 aliphatic rings. The molecule has 116 valence electrons. The highest BCUT2D eigenvalue weighted by atomic mass is 16.5. The van der Waals surface area contributed by atoms with Crippen molar-refractivity contribution >= 4 is 11.4 Å². The summed E-state index contributed by atoms with van der Waals surface area (Å²) in [4.78, 5) is 4.87. The number of benzene rings is 1. The van der Waals surface area contributed by atoms with Crippen LogP contribution in [0.1, 0.15) is 25.7 Å². The monoisotopic (exact) mass is 289 g/mol. The van der Waals surface area contributed by atoms with Gasteiger partial charge >= 0.3 is 0 Å². The summed E-state index contributed by atoms with van der Waals surface area (Å²) in [6.45, 7) is 2.71. The number of anilines is 2. The normalized spacial score (nSPS) is 29.4. The van der Waals surface area contributed by atoms with Crippen molar-refractivity contribution in [2.24, 2.45) is 5.73 Å². The third-order valence-electron chi connectivity index (χ3n) is 5.34. The Bertz CT molecular complexity index is 493. The van der Waals surface area contributed by atoms with E-state index in [9.17, 15) is 0 Å². The smallest absolute Gasteiger partial charge is 0.0815 e. The third kappa shape index (κ3) is 2.30. The number of hydrogen-bond acceptors (Lipinski definition) is 4. The predicted octanol–water partition coefficient (Wildman–Crippen LogP) is 2.23. The van der Waals surface area contributed by atoms with Crippen LogP contribution in [0.25, 0.3) is 0 Å². The van der Waals surface area contributed by atoms with Gasteiger partial charge in [-0.3, -0.25) is 0 Å². The van der Waals surface area contributed by atoms with Gasteiger partial charge in [-0.15, -0.1) is 0 Å². The molecule has 1 heterocycles. The number of nitrogens with zero attached hydrogens (tertiary/aromatic N) is 2. The molecule has 2 unspecified atom stereocenters. The molecule has 1 aliphatic heterocycles. The summed E-state index contributed by atoms with van der Waals surface area (Å²) in [7, 11) is 4.00. The van der Waals surface area contributed by atoms with E-state index in [-0.39, 0.29) is 11.6 Å². The van der Waals surface area contributed by atoms with E-state index in [1.165, 1.54) is 24.2 Å². The molecule has 1 fully saturated rings. The Morgan fingerprint density at radius 1 is 1.24 bits per heavy atom.